The number of hydrogen-bond donors (Lipinski definition) is 1. The van der Waals surface area contributed by atoms with Crippen LogP contribution in [0.3, 0.4) is 0 Å². The molecule has 1 aromatic heterocycles. The molecule has 13 heavy (non-hydrogen) atoms. The standard InChI is InChI=1S/C7H10F3N3/c1-5(11)6-2-3-13(12-6)4-7(8,9)10/h2-3,5H,4,11H2,1H3. The summed E-state index contributed by atoms with van der Waals surface area (Å²) in [5.41, 5.74) is 5.90. The van der Waals surface area contributed by atoms with E-state index in [1.165, 1.54) is 12.3 Å². The average molecular weight is 193 g/mol. The molecule has 2 N–H and O–H groups in total. The van der Waals surface area contributed by atoms with Gasteiger partial charge in [-0.05, 0) is 13.0 Å². The van der Waals surface area contributed by atoms with Crippen molar-refractivity contribution >= 4 is 0 Å². The van der Waals surface area contributed by atoms with Crippen molar-refractivity contribution in [1.29, 1.82) is 0 Å². The number of nitrogens with zero attached hydrogens (tertiary/aromatic N) is 2. The van der Waals surface area contributed by atoms with Gasteiger partial charge in [0.2, 0.25) is 0 Å². The van der Waals surface area contributed by atoms with Gasteiger partial charge in [-0.3, -0.25) is 4.68 Å². The van der Waals surface area contributed by atoms with Crippen molar-refractivity contribution < 1.29 is 13.2 Å². The van der Waals surface area contributed by atoms with Crippen LogP contribution in [-0.4, -0.2) is 16.0 Å². The Balaban J connectivity index is 2.70. The summed E-state index contributed by atoms with van der Waals surface area (Å²) in [6.07, 6.45) is -2.96. The van der Waals surface area contributed by atoms with E-state index >= 15 is 0 Å². The van der Waals surface area contributed by atoms with Crippen LogP contribution in [0.5, 0.6) is 0 Å². The first-order valence-corrected chi connectivity index (χ1v) is 3.74. The van der Waals surface area contributed by atoms with Gasteiger partial charge in [-0.1, -0.05) is 0 Å². The lowest BCUT2D eigenvalue weighted by molar-refractivity contribution is -0.142. The van der Waals surface area contributed by atoms with Gasteiger partial charge >= 0.3 is 6.18 Å². The Kier molecular flexibility index (Phi) is 2.60. The molecule has 0 aromatic carbocycles. The van der Waals surface area contributed by atoms with E-state index in [0.29, 0.717) is 5.69 Å². The lowest BCUT2D eigenvalue weighted by Gasteiger charge is -2.05. The Morgan fingerprint density at radius 2 is 2.23 bits per heavy atom. The summed E-state index contributed by atoms with van der Waals surface area (Å²) in [7, 11) is 0. The van der Waals surface area contributed by atoms with Crippen molar-refractivity contribution in [2.75, 3.05) is 0 Å². The van der Waals surface area contributed by atoms with Gasteiger partial charge < -0.3 is 5.73 Å². The maximum absolute atomic E-state index is 11.9. The molecule has 1 atom stereocenters. The predicted octanol–water partition coefficient (Wildman–Crippen LogP) is 1.47. The minimum absolute atomic E-state index is 0.338. The number of alkyl halides is 3. The Morgan fingerprint density at radius 1 is 1.62 bits per heavy atom. The highest BCUT2D eigenvalue weighted by Crippen LogP contribution is 2.17. The van der Waals surface area contributed by atoms with E-state index in [4.69, 9.17) is 5.73 Å². The third-order valence-electron chi connectivity index (χ3n) is 1.47. The number of hydrogen-bond acceptors (Lipinski definition) is 2. The molecule has 0 saturated carbocycles. The van der Waals surface area contributed by atoms with E-state index in [1.54, 1.807) is 6.92 Å². The van der Waals surface area contributed by atoms with Crippen molar-refractivity contribution in [3.63, 3.8) is 0 Å². The fraction of sp³-hybridized carbons (Fsp3) is 0.571. The van der Waals surface area contributed by atoms with Gasteiger partial charge in [-0.15, -0.1) is 0 Å². The summed E-state index contributed by atoms with van der Waals surface area (Å²) in [6, 6.07) is 1.14. The number of aromatic nitrogens is 2. The van der Waals surface area contributed by atoms with Crippen molar-refractivity contribution in [3.05, 3.63) is 18.0 Å². The van der Waals surface area contributed by atoms with Crippen LogP contribution in [0.2, 0.25) is 0 Å². The quantitative estimate of drug-likeness (QED) is 0.772. The van der Waals surface area contributed by atoms with Crippen LogP contribution in [0.15, 0.2) is 12.3 Å². The number of halogens is 3. The largest absolute Gasteiger partial charge is 0.408 e. The molecule has 0 fully saturated rings. The molecule has 0 aliphatic carbocycles. The van der Waals surface area contributed by atoms with Gasteiger partial charge in [0.1, 0.15) is 6.54 Å². The Hall–Kier alpha value is -1.04. The molecule has 0 aliphatic heterocycles. The molecule has 3 nitrogen and oxygen atoms in total. The SMILES string of the molecule is CC(N)c1ccn(CC(F)(F)F)n1. The van der Waals surface area contributed by atoms with Crippen LogP contribution in [0.4, 0.5) is 13.2 Å². The minimum atomic E-state index is -4.23. The van der Waals surface area contributed by atoms with Crippen LogP contribution >= 0.6 is 0 Å². The lowest BCUT2D eigenvalue weighted by Crippen LogP contribution is -2.18. The minimum Gasteiger partial charge on any atom is -0.323 e. The molecular formula is C7H10F3N3. The second kappa shape index (κ2) is 3.37. The Labute approximate surface area is 73.3 Å². The van der Waals surface area contributed by atoms with E-state index in [2.05, 4.69) is 5.10 Å². The third-order valence-corrected chi connectivity index (χ3v) is 1.47. The molecule has 1 heterocycles. The molecule has 0 aliphatic rings. The fourth-order valence-electron chi connectivity index (χ4n) is 0.892. The summed E-state index contributed by atoms with van der Waals surface area (Å²) in [5, 5.41) is 3.67. The molecule has 0 amide bonds. The molecule has 0 bridgehead atoms. The first-order valence-electron chi connectivity index (χ1n) is 3.74. The van der Waals surface area contributed by atoms with E-state index in [-0.39, 0.29) is 6.04 Å². The summed E-state index contributed by atoms with van der Waals surface area (Å²) < 4.78 is 36.4. The van der Waals surface area contributed by atoms with E-state index in [9.17, 15) is 13.2 Å². The summed E-state index contributed by atoms with van der Waals surface area (Å²) >= 11 is 0. The van der Waals surface area contributed by atoms with Gasteiger partial charge in [-0.25, -0.2) is 0 Å². The Bertz CT molecular complexity index is 277. The molecule has 0 spiro atoms. The first-order chi connectivity index (χ1) is 5.88. The highest BCUT2D eigenvalue weighted by atomic mass is 19.4. The van der Waals surface area contributed by atoms with Gasteiger partial charge in [0.05, 0.1) is 5.69 Å². The van der Waals surface area contributed by atoms with Crippen LogP contribution in [0, 0.1) is 0 Å². The predicted molar refractivity (Wildman–Crippen MR) is 40.9 cm³/mol. The molecule has 74 valence electrons. The van der Waals surface area contributed by atoms with E-state index in [1.807, 2.05) is 0 Å². The first kappa shape index (κ1) is 10.0. The van der Waals surface area contributed by atoms with Gasteiger partial charge in [0.25, 0.3) is 0 Å². The van der Waals surface area contributed by atoms with Crippen molar-refractivity contribution in [1.82, 2.24) is 9.78 Å². The maximum Gasteiger partial charge on any atom is 0.408 e. The summed E-state index contributed by atoms with van der Waals surface area (Å²) in [6.45, 7) is 0.597. The molecule has 0 radical (unpaired) electrons. The van der Waals surface area contributed by atoms with E-state index < -0.39 is 12.7 Å². The number of nitrogens with two attached hydrogens (primary N) is 1. The molecule has 1 unspecified atom stereocenters. The van der Waals surface area contributed by atoms with Crippen LogP contribution in [0.25, 0.3) is 0 Å². The highest BCUT2D eigenvalue weighted by molar-refractivity contribution is 5.03. The van der Waals surface area contributed by atoms with Crippen LogP contribution in [0.1, 0.15) is 18.7 Å². The molecule has 1 aromatic rings. The Morgan fingerprint density at radius 3 is 2.62 bits per heavy atom. The maximum atomic E-state index is 11.9. The van der Waals surface area contributed by atoms with Crippen molar-refractivity contribution in [2.45, 2.75) is 25.7 Å². The normalized spacial score (nSPS) is 14.5. The molecule has 0 saturated heterocycles. The average Bonchev–Trinajstić information content (AvgIpc) is 2.31. The highest BCUT2D eigenvalue weighted by Gasteiger charge is 2.28. The van der Waals surface area contributed by atoms with Gasteiger partial charge in [0.15, 0.2) is 0 Å². The molecule has 6 heteroatoms. The summed E-state index contributed by atoms with van der Waals surface area (Å²) in [4.78, 5) is 0. The molecular weight excluding hydrogens is 183 g/mol. The van der Waals surface area contributed by atoms with Crippen LogP contribution in [-0.2, 0) is 6.54 Å². The zero-order valence-electron chi connectivity index (χ0n) is 7.04. The zero-order valence-corrected chi connectivity index (χ0v) is 7.04. The smallest absolute Gasteiger partial charge is 0.323 e. The second-order valence-electron chi connectivity index (χ2n) is 2.84. The fourth-order valence-corrected chi connectivity index (χ4v) is 0.892. The second-order valence-corrected chi connectivity index (χ2v) is 2.84. The van der Waals surface area contributed by atoms with Gasteiger partial charge in [0, 0.05) is 12.2 Å². The third kappa shape index (κ3) is 3.06. The lowest BCUT2D eigenvalue weighted by atomic mass is 10.3. The van der Waals surface area contributed by atoms with Crippen LogP contribution < -0.4 is 5.73 Å². The zero-order chi connectivity index (χ0) is 10.1. The van der Waals surface area contributed by atoms with Crippen molar-refractivity contribution in [3.8, 4) is 0 Å². The van der Waals surface area contributed by atoms with E-state index in [0.717, 1.165) is 4.68 Å². The summed E-state index contributed by atoms with van der Waals surface area (Å²) in [5.74, 6) is 0. The van der Waals surface area contributed by atoms with Gasteiger partial charge in [-0.2, -0.15) is 18.3 Å². The molecule has 1 rings (SSSR count). The topological polar surface area (TPSA) is 43.8 Å². The monoisotopic (exact) mass is 193 g/mol. The number of rotatable bonds is 2. The van der Waals surface area contributed by atoms with Crippen molar-refractivity contribution in [2.24, 2.45) is 5.73 Å².